The average molecular weight is 190 g/mol. The first kappa shape index (κ1) is 14.2. The summed E-state index contributed by atoms with van der Waals surface area (Å²) in [5, 5.41) is 8.15. The highest BCUT2D eigenvalue weighted by Gasteiger charge is 2.01. The molecule has 76 valence electrons. The molecule has 13 heavy (non-hydrogen) atoms. The van der Waals surface area contributed by atoms with Gasteiger partial charge in [0.1, 0.15) is 6.29 Å². The number of aldehydes is 1. The highest BCUT2D eigenvalue weighted by atomic mass is 16.5. The molecular formula is C8H14O5. The molecule has 0 saturated carbocycles. The van der Waals surface area contributed by atoms with E-state index >= 15 is 0 Å². The maximum Gasteiger partial charge on any atom is 0.305 e. The lowest BCUT2D eigenvalue weighted by atomic mass is 10.2. The molecule has 0 saturated heterocycles. The van der Waals surface area contributed by atoms with E-state index in [2.05, 4.69) is 4.74 Å². The molecular weight excluding hydrogens is 176 g/mol. The van der Waals surface area contributed by atoms with Gasteiger partial charge in [-0.1, -0.05) is 0 Å². The van der Waals surface area contributed by atoms with Gasteiger partial charge in [0.2, 0.25) is 0 Å². The zero-order valence-corrected chi connectivity index (χ0v) is 7.78. The van der Waals surface area contributed by atoms with Crippen molar-refractivity contribution in [2.45, 2.75) is 26.2 Å². The fraction of sp³-hybridized carbons (Fsp3) is 0.625. The van der Waals surface area contributed by atoms with E-state index in [1.54, 1.807) is 0 Å². The maximum atomic E-state index is 10.4. The summed E-state index contributed by atoms with van der Waals surface area (Å²) in [5.41, 5.74) is 0. The van der Waals surface area contributed by atoms with Gasteiger partial charge < -0.3 is 14.6 Å². The predicted molar refractivity (Wildman–Crippen MR) is 45.2 cm³/mol. The van der Waals surface area contributed by atoms with E-state index in [9.17, 15) is 9.59 Å². The van der Waals surface area contributed by atoms with E-state index in [0.29, 0.717) is 6.42 Å². The standard InChI is InChI=1S/C6H10O4.C2H4O/c1-10-6(9)4-2-3-5(7)8;1-2-3/h2-4H2,1H3,(H,7,8);2H,1H3. The lowest BCUT2D eigenvalue weighted by Crippen LogP contribution is -2.02. The third-order valence-electron chi connectivity index (χ3n) is 0.999. The number of carboxylic acid groups (broad SMARTS) is 1. The van der Waals surface area contributed by atoms with Crippen LogP contribution in [0, 0.1) is 0 Å². The zero-order chi connectivity index (χ0) is 10.7. The maximum absolute atomic E-state index is 10.4. The number of hydrogen-bond donors (Lipinski definition) is 1. The van der Waals surface area contributed by atoms with Gasteiger partial charge in [0.25, 0.3) is 0 Å². The first-order chi connectivity index (χ1) is 6.08. The molecule has 0 aromatic carbocycles. The fourth-order valence-electron chi connectivity index (χ4n) is 0.486. The highest BCUT2D eigenvalue weighted by molar-refractivity contribution is 5.71. The van der Waals surface area contributed by atoms with E-state index in [1.807, 2.05) is 0 Å². The Hall–Kier alpha value is -1.39. The Morgan fingerprint density at radius 2 is 1.85 bits per heavy atom. The molecule has 0 heterocycles. The minimum Gasteiger partial charge on any atom is -0.481 e. The zero-order valence-electron chi connectivity index (χ0n) is 7.78. The van der Waals surface area contributed by atoms with Gasteiger partial charge in [-0.15, -0.1) is 0 Å². The quantitative estimate of drug-likeness (QED) is 0.519. The molecule has 0 fully saturated rings. The van der Waals surface area contributed by atoms with Gasteiger partial charge in [-0.2, -0.15) is 0 Å². The second-order valence-corrected chi connectivity index (χ2v) is 2.06. The number of ether oxygens (including phenoxy) is 1. The van der Waals surface area contributed by atoms with Crippen molar-refractivity contribution in [3.63, 3.8) is 0 Å². The van der Waals surface area contributed by atoms with Crippen LogP contribution in [-0.2, 0) is 19.1 Å². The SMILES string of the molecule is CC=O.COC(=O)CCCC(=O)O. The van der Waals surface area contributed by atoms with Crippen molar-refractivity contribution in [2.75, 3.05) is 7.11 Å². The highest BCUT2D eigenvalue weighted by Crippen LogP contribution is 1.95. The van der Waals surface area contributed by atoms with Crippen molar-refractivity contribution in [1.29, 1.82) is 0 Å². The number of rotatable bonds is 4. The van der Waals surface area contributed by atoms with Gasteiger partial charge in [0, 0.05) is 12.8 Å². The van der Waals surface area contributed by atoms with Crippen LogP contribution in [0.3, 0.4) is 0 Å². The van der Waals surface area contributed by atoms with Gasteiger partial charge in [-0.3, -0.25) is 9.59 Å². The van der Waals surface area contributed by atoms with Crippen molar-refractivity contribution >= 4 is 18.2 Å². The minimum atomic E-state index is -0.885. The van der Waals surface area contributed by atoms with E-state index in [0.717, 1.165) is 6.29 Å². The van der Waals surface area contributed by atoms with Gasteiger partial charge in [0.15, 0.2) is 0 Å². The first-order valence-corrected chi connectivity index (χ1v) is 3.76. The molecule has 0 aromatic heterocycles. The number of carbonyl (C=O) groups is 3. The molecule has 0 atom stereocenters. The van der Waals surface area contributed by atoms with Crippen molar-refractivity contribution in [2.24, 2.45) is 0 Å². The Morgan fingerprint density at radius 3 is 2.15 bits per heavy atom. The summed E-state index contributed by atoms with van der Waals surface area (Å²) in [6, 6.07) is 0. The van der Waals surface area contributed by atoms with Crippen LogP contribution in [0.4, 0.5) is 0 Å². The number of hydrogen-bond acceptors (Lipinski definition) is 4. The van der Waals surface area contributed by atoms with Crippen LogP contribution in [0.5, 0.6) is 0 Å². The molecule has 0 amide bonds. The molecule has 0 aromatic rings. The predicted octanol–water partition coefficient (Wildman–Crippen LogP) is 0.620. The Balaban J connectivity index is 0. The summed E-state index contributed by atoms with van der Waals surface area (Å²) in [6.07, 6.45) is 1.31. The van der Waals surface area contributed by atoms with Crippen molar-refractivity contribution in [3.8, 4) is 0 Å². The van der Waals surface area contributed by atoms with Crippen LogP contribution >= 0.6 is 0 Å². The van der Waals surface area contributed by atoms with Crippen molar-refractivity contribution in [1.82, 2.24) is 0 Å². The van der Waals surface area contributed by atoms with Crippen LogP contribution < -0.4 is 0 Å². The second-order valence-electron chi connectivity index (χ2n) is 2.06. The molecule has 0 bridgehead atoms. The molecule has 0 aliphatic rings. The summed E-state index contributed by atoms with van der Waals surface area (Å²) >= 11 is 0. The smallest absolute Gasteiger partial charge is 0.305 e. The Bertz CT molecular complexity index is 164. The summed E-state index contributed by atoms with van der Waals surface area (Å²) in [4.78, 5) is 29.1. The van der Waals surface area contributed by atoms with Gasteiger partial charge >= 0.3 is 11.9 Å². The molecule has 5 heteroatoms. The van der Waals surface area contributed by atoms with Crippen LogP contribution in [0.15, 0.2) is 0 Å². The van der Waals surface area contributed by atoms with E-state index < -0.39 is 5.97 Å². The van der Waals surface area contributed by atoms with Crippen molar-refractivity contribution in [3.05, 3.63) is 0 Å². The lowest BCUT2D eigenvalue weighted by Gasteiger charge is -1.94. The molecule has 0 radical (unpaired) electrons. The number of methoxy groups -OCH3 is 1. The summed E-state index contributed by atoms with van der Waals surface area (Å²) < 4.78 is 4.30. The summed E-state index contributed by atoms with van der Waals surface area (Å²) in [7, 11) is 1.28. The first-order valence-electron chi connectivity index (χ1n) is 3.76. The van der Waals surface area contributed by atoms with Crippen LogP contribution in [0.25, 0.3) is 0 Å². The Kier molecular flexibility index (Phi) is 11.6. The third kappa shape index (κ3) is 18.0. The molecule has 5 nitrogen and oxygen atoms in total. The minimum absolute atomic E-state index is 0.0229. The molecule has 0 unspecified atom stereocenters. The van der Waals surface area contributed by atoms with E-state index in [-0.39, 0.29) is 18.8 Å². The molecule has 0 aliphatic heterocycles. The summed E-state index contributed by atoms with van der Waals surface area (Å²) in [5.74, 6) is -1.25. The van der Waals surface area contributed by atoms with Crippen LogP contribution in [0.2, 0.25) is 0 Å². The lowest BCUT2D eigenvalue weighted by molar-refractivity contribution is -0.141. The number of carbonyl (C=O) groups excluding carboxylic acids is 2. The van der Waals surface area contributed by atoms with Gasteiger partial charge in [-0.05, 0) is 13.3 Å². The second kappa shape index (κ2) is 10.6. The molecule has 0 aliphatic carbocycles. The topological polar surface area (TPSA) is 80.7 Å². The van der Waals surface area contributed by atoms with E-state index in [4.69, 9.17) is 9.90 Å². The monoisotopic (exact) mass is 190 g/mol. The number of carboxylic acids is 1. The molecule has 0 spiro atoms. The van der Waals surface area contributed by atoms with Gasteiger partial charge in [0.05, 0.1) is 7.11 Å². The summed E-state index contributed by atoms with van der Waals surface area (Å²) in [6.45, 7) is 1.44. The normalized spacial score (nSPS) is 7.85. The number of aliphatic carboxylic acids is 1. The number of esters is 1. The average Bonchev–Trinajstić information content (AvgIpc) is 2.05. The fourth-order valence-corrected chi connectivity index (χ4v) is 0.486. The largest absolute Gasteiger partial charge is 0.481 e. The molecule has 1 N–H and O–H groups in total. The van der Waals surface area contributed by atoms with Crippen LogP contribution in [-0.4, -0.2) is 30.4 Å². The third-order valence-corrected chi connectivity index (χ3v) is 0.999. The van der Waals surface area contributed by atoms with Crippen LogP contribution in [0.1, 0.15) is 26.2 Å². The molecule has 0 rings (SSSR count). The van der Waals surface area contributed by atoms with Crippen molar-refractivity contribution < 1.29 is 24.2 Å². The van der Waals surface area contributed by atoms with Gasteiger partial charge in [-0.25, -0.2) is 0 Å². The van der Waals surface area contributed by atoms with E-state index in [1.165, 1.54) is 14.0 Å². The Labute approximate surface area is 76.7 Å². The Morgan fingerprint density at radius 1 is 1.38 bits per heavy atom.